The lowest BCUT2D eigenvalue weighted by Gasteiger charge is -2.23. The smallest absolute Gasteiger partial charge is 0.00173 e. The zero-order valence-corrected chi connectivity index (χ0v) is 9.84. The van der Waals surface area contributed by atoms with Crippen molar-refractivity contribution < 1.29 is 0 Å². The van der Waals surface area contributed by atoms with Crippen molar-refractivity contribution in [3.8, 4) is 0 Å². The summed E-state index contributed by atoms with van der Waals surface area (Å²) in [4.78, 5) is 0. The zero-order chi connectivity index (χ0) is 10.7. The predicted molar refractivity (Wildman–Crippen MR) is 65.2 cm³/mol. The van der Waals surface area contributed by atoms with Gasteiger partial charge in [-0.1, -0.05) is 18.2 Å². The Bertz CT molecular complexity index is 324. The number of nitrogens with one attached hydrogen (secondary N) is 1. The monoisotopic (exact) mass is 203 g/mol. The van der Waals surface area contributed by atoms with E-state index in [0.29, 0.717) is 0 Å². The largest absolute Gasteiger partial charge is 0.316 e. The molecule has 1 aromatic rings. The summed E-state index contributed by atoms with van der Waals surface area (Å²) in [5, 5.41) is 3.49. The lowest BCUT2D eigenvalue weighted by Crippen LogP contribution is -2.31. The molecule has 1 saturated heterocycles. The van der Waals surface area contributed by atoms with Crippen molar-refractivity contribution in [1.82, 2.24) is 5.32 Å². The van der Waals surface area contributed by atoms with Crippen LogP contribution in [-0.2, 0) is 6.42 Å². The summed E-state index contributed by atoms with van der Waals surface area (Å²) in [5.41, 5.74) is 4.46. The SMILES string of the molecule is Cc1cccc(CC2CCCNC2)c1C. The molecule has 0 saturated carbocycles. The molecule has 1 unspecified atom stereocenters. The van der Waals surface area contributed by atoms with Crippen LogP contribution in [0.5, 0.6) is 0 Å². The van der Waals surface area contributed by atoms with Crippen LogP contribution in [0.25, 0.3) is 0 Å². The third-order valence-electron chi connectivity index (χ3n) is 3.62. The average molecular weight is 203 g/mol. The van der Waals surface area contributed by atoms with Gasteiger partial charge in [-0.2, -0.15) is 0 Å². The highest BCUT2D eigenvalue weighted by Crippen LogP contribution is 2.20. The maximum Gasteiger partial charge on any atom is -0.00173 e. The van der Waals surface area contributed by atoms with Gasteiger partial charge in [0, 0.05) is 0 Å². The minimum atomic E-state index is 0.847. The molecule has 0 radical (unpaired) electrons. The minimum absolute atomic E-state index is 0.847. The molecule has 82 valence electrons. The second-order valence-corrected chi connectivity index (χ2v) is 4.78. The summed E-state index contributed by atoms with van der Waals surface area (Å²) >= 11 is 0. The maximum absolute atomic E-state index is 3.49. The first-order valence-corrected chi connectivity index (χ1v) is 6.03. The van der Waals surface area contributed by atoms with E-state index in [9.17, 15) is 0 Å². The molecule has 1 heteroatoms. The Morgan fingerprint density at radius 2 is 2.20 bits per heavy atom. The highest BCUT2D eigenvalue weighted by atomic mass is 14.9. The van der Waals surface area contributed by atoms with Gasteiger partial charge in [0.1, 0.15) is 0 Å². The predicted octanol–water partition coefficient (Wildman–Crippen LogP) is 2.85. The standard InChI is InChI=1S/C14H21N/c1-11-5-3-7-14(12(11)2)9-13-6-4-8-15-10-13/h3,5,7,13,15H,4,6,8-10H2,1-2H3. The molecular formula is C14H21N. The van der Waals surface area contributed by atoms with Crippen LogP contribution < -0.4 is 5.32 Å². The first kappa shape index (κ1) is 10.7. The molecule has 0 spiro atoms. The van der Waals surface area contributed by atoms with Crippen LogP contribution in [0, 0.1) is 19.8 Å². The number of piperidine rings is 1. The quantitative estimate of drug-likeness (QED) is 0.779. The molecule has 0 bridgehead atoms. The van der Waals surface area contributed by atoms with Gasteiger partial charge in [0.2, 0.25) is 0 Å². The van der Waals surface area contributed by atoms with E-state index in [1.165, 1.54) is 43.5 Å². The molecule has 0 aromatic heterocycles. The molecular weight excluding hydrogens is 182 g/mol. The Labute approximate surface area is 92.9 Å². The molecule has 1 heterocycles. The Morgan fingerprint density at radius 1 is 1.33 bits per heavy atom. The van der Waals surface area contributed by atoms with E-state index in [4.69, 9.17) is 0 Å². The van der Waals surface area contributed by atoms with Gasteiger partial charge >= 0.3 is 0 Å². The van der Waals surface area contributed by atoms with Crippen LogP contribution in [-0.4, -0.2) is 13.1 Å². The lowest BCUT2D eigenvalue weighted by molar-refractivity contribution is 0.375. The average Bonchev–Trinajstić information content (AvgIpc) is 2.26. The normalized spacial score (nSPS) is 21.6. The van der Waals surface area contributed by atoms with E-state index in [-0.39, 0.29) is 0 Å². The van der Waals surface area contributed by atoms with E-state index < -0.39 is 0 Å². The summed E-state index contributed by atoms with van der Waals surface area (Å²) in [6.07, 6.45) is 3.98. The maximum atomic E-state index is 3.49. The summed E-state index contributed by atoms with van der Waals surface area (Å²) < 4.78 is 0. The summed E-state index contributed by atoms with van der Waals surface area (Å²) in [7, 11) is 0. The fourth-order valence-corrected chi connectivity index (χ4v) is 2.44. The van der Waals surface area contributed by atoms with Gasteiger partial charge < -0.3 is 5.32 Å². The van der Waals surface area contributed by atoms with E-state index in [1.54, 1.807) is 5.56 Å². The third kappa shape index (κ3) is 2.60. The topological polar surface area (TPSA) is 12.0 Å². The Morgan fingerprint density at radius 3 is 2.93 bits per heavy atom. The van der Waals surface area contributed by atoms with Crippen LogP contribution in [0.1, 0.15) is 29.5 Å². The fourth-order valence-electron chi connectivity index (χ4n) is 2.44. The van der Waals surface area contributed by atoms with Crippen molar-refractivity contribution >= 4 is 0 Å². The highest BCUT2D eigenvalue weighted by molar-refractivity contribution is 5.33. The highest BCUT2D eigenvalue weighted by Gasteiger charge is 2.14. The van der Waals surface area contributed by atoms with Crippen LogP contribution in [0.4, 0.5) is 0 Å². The van der Waals surface area contributed by atoms with Crippen molar-refractivity contribution in [2.45, 2.75) is 33.1 Å². The molecule has 1 aromatic carbocycles. The first-order chi connectivity index (χ1) is 7.27. The van der Waals surface area contributed by atoms with Gasteiger partial charge in [-0.05, 0) is 68.8 Å². The van der Waals surface area contributed by atoms with Crippen molar-refractivity contribution in [2.24, 2.45) is 5.92 Å². The van der Waals surface area contributed by atoms with Crippen molar-refractivity contribution in [3.63, 3.8) is 0 Å². The van der Waals surface area contributed by atoms with E-state index in [0.717, 1.165) is 5.92 Å². The van der Waals surface area contributed by atoms with Gasteiger partial charge in [-0.3, -0.25) is 0 Å². The molecule has 1 aliphatic heterocycles. The Balaban J connectivity index is 2.06. The van der Waals surface area contributed by atoms with Gasteiger partial charge in [0.15, 0.2) is 0 Å². The van der Waals surface area contributed by atoms with E-state index >= 15 is 0 Å². The van der Waals surface area contributed by atoms with Crippen LogP contribution in [0.2, 0.25) is 0 Å². The molecule has 1 fully saturated rings. The van der Waals surface area contributed by atoms with Crippen LogP contribution in [0.15, 0.2) is 18.2 Å². The number of aryl methyl sites for hydroxylation is 1. The molecule has 2 rings (SSSR count). The summed E-state index contributed by atoms with van der Waals surface area (Å²) in [6, 6.07) is 6.68. The van der Waals surface area contributed by atoms with Crippen molar-refractivity contribution in [3.05, 3.63) is 34.9 Å². The van der Waals surface area contributed by atoms with Gasteiger partial charge in [0.05, 0.1) is 0 Å². The molecule has 1 atom stereocenters. The molecule has 15 heavy (non-hydrogen) atoms. The van der Waals surface area contributed by atoms with Crippen LogP contribution in [0.3, 0.4) is 0 Å². The zero-order valence-electron chi connectivity index (χ0n) is 9.84. The van der Waals surface area contributed by atoms with E-state index in [1.807, 2.05) is 0 Å². The Kier molecular flexibility index (Phi) is 3.42. The number of hydrogen-bond acceptors (Lipinski definition) is 1. The van der Waals surface area contributed by atoms with Gasteiger partial charge in [-0.25, -0.2) is 0 Å². The van der Waals surface area contributed by atoms with Gasteiger partial charge in [0.25, 0.3) is 0 Å². The second kappa shape index (κ2) is 4.80. The minimum Gasteiger partial charge on any atom is -0.316 e. The second-order valence-electron chi connectivity index (χ2n) is 4.78. The Hall–Kier alpha value is -0.820. The molecule has 0 amide bonds. The molecule has 1 N–H and O–H groups in total. The first-order valence-electron chi connectivity index (χ1n) is 6.03. The van der Waals surface area contributed by atoms with Crippen molar-refractivity contribution in [2.75, 3.05) is 13.1 Å². The number of benzene rings is 1. The van der Waals surface area contributed by atoms with E-state index in [2.05, 4.69) is 37.4 Å². The fraction of sp³-hybridized carbons (Fsp3) is 0.571. The molecule has 0 aliphatic carbocycles. The third-order valence-corrected chi connectivity index (χ3v) is 3.62. The van der Waals surface area contributed by atoms with Crippen LogP contribution >= 0.6 is 0 Å². The number of rotatable bonds is 2. The summed E-state index contributed by atoms with van der Waals surface area (Å²) in [6.45, 7) is 6.87. The number of hydrogen-bond donors (Lipinski definition) is 1. The van der Waals surface area contributed by atoms with Crippen molar-refractivity contribution in [1.29, 1.82) is 0 Å². The van der Waals surface area contributed by atoms with Gasteiger partial charge in [-0.15, -0.1) is 0 Å². The molecule has 1 aliphatic rings. The lowest BCUT2D eigenvalue weighted by atomic mass is 9.89. The summed E-state index contributed by atoms with van der Waals surface area (Å²) in [5.74, 6) is 0.847. The molecule has 1 nitrogen and oxygen atoms in total.